The molecule has 0 bridgehead atoms. The second-order valence-corrected chi connectivity index (χ2v) is 4.13. The van der Waals surface area contributed by atoms with Crippen molar-refractivity contribution in [3.63, 3.8) is 0 Å². The summed E-state index contributed by atoms with van der Waals surface area (Å²) in [5, 5.41) is 6.92. The van der Waals surface area contributed by atoms with Gasteiger partial charge in [-0.3, -0.25) is 4.79 Å². The van der Waals surface area contributed by atoms with Crippen LogP contribution in [0.2, 0.25) is 0 Å². The normalized spacial score (nSPS) is 9.95. The quantitative estimate of drug-likeness (QED) is 0.838. The zero-order valence-electron chi connectivity index (χ0n) is 10.8. The van der Waals surface area contributed by atoms with Crippen LogP contribution in [-0.4, -0.2) is 27.2 Å². The Hall–Kier alpha value is -2.61. The van der Waals surface area contributed by atoms with Gasteiger partial charge < -0.3 is 5.32 Å². The van der Waals surface area contributed by atoms with E-state index in [1.54, 1.807) is 16.8 Å². The molecule has 0 fully saturated rings. The standard InChI is InChI=1S/C14H14N4O/c1-4-7-15-14(19)12-5-6-13(16-9-12)18-11(3)8-10(2)17-18/h1,5-6,8-9H,7H2,2-3H3,(H,15,19). The van der Waals surface area contributed by atoms with Crippen molar-refractivity contribution in [3.8, 4) is 18.2 Å². The van der Waals surface area contributed by atoms with E-state index in [-0.39, 0.29) is 12.5 Å². The number of hydrogen-bond acceptors (Lipinski definition) is 3. The van der Waals surface area contributed by atoms with Crippen molar-refractivity contribution in [1.29, 1.82) is 0 Å². The average Bonchev–Trinajstić information content (AvgIpc) is 2.75. The Kier molecular flexibility index (Phi) is 3.62. The van der Waals surface area contributed by atoms with Crippen LogP contribution in [0, 0.1) is 26.2 Å². The lowest BCUT2D eigenvalue weighted by atomic mass is 10.2. The average molecular weight is 254 g/mol. The van der Waals surface area contributed by atoms with Gasteiger partial charge in [0.15, 0.2) is 5.82 Å². The van der Waals surface area contributed by atoms with Gasteiger partial charge in [-0.1, -0.05) is 5.92 Å². The molecular weight excluding hydrogens is 240 g/mol. The lowest BCUT2D eigenvalue weighted by Crippen LogP contribution is -2.23. The van der Waals surface area contributed by atoms with Crippen molar-refractivity contribution in [1.82, 2.24) is 20.1 Å². The van der Waals surface area contributed by atoms with Crippen LogP contribution in [0.25, 0.3) is 5.82 Å². The molecular formula is C14H14N4O. The van der Waals surface area contributed by atoms with Crippen LogP contribution < -0.4 is 5.32 Å². The number of rotatable bonds is 3. The van der Waals surface area contributed by atoms with E-state index in [0.717, 1.165) is 11.4 Å². The zero-order chi connectivity index (χ0) is 13.8. The SMILES string of the molecule is C#CCNC(=O)c1ccc(-n2nc(C)cc2C)nc1. The molecule has 2 rings (SSSR count). The van der Waals surface area contributed by atoms with Crippen molar-refractivity contribution in [2.45, 2.75) is 13.8 Å². The number of terminal acetylenes is 1. The Bertz CT molecular complexity index is 634. The van der Waals surface area contributed by atoms with E-state index < -0.39 is 0 Å². The minimum absolute atomic E-state index is 0.206. The summed E-state index contributed by atoms with van der Waals surface area (Å²) in [6.45, 7) is 4.08. The van der Waals surface area contributed by atoms with Crippen molar-refractivity contribution >= 4 is 5.91 Å². The van der Waals surface area contributed by atoms with Crippen molar-refractivity contribution in [3.05, 3.63) is 41.3 Å². The van der Waals surface area contributed by atoms with E-state index >= 15 is 0 Å². The van der Waals surface area contributed by atoms with Crippen LogP contribution in [0.1, 0.15) is 21.7 Å². The van der Waals surface area contributed by atoms with Crippen LogP contribution >= 0.6 is 0 Å². The van der Waals surface area contributed by atoms with Crippen LogP contribution in [0.5, 0.6) is 0 Å². The van der Waals surface area contributed by atoms with Crippen molar-refractivity contribution in [2.24, 2.45) is 0 Å². The van der Waals surface area contributed by atoms with Crippen molar-refractivity contribution in [2.75, 3.05) is 6.54 Å². The first-order chi connectivity index (χ1) is 9.11. The van der Waals surface area contributed by atoms with Gasteiger partial charge in [-0.25, -0.2) is 9.67 Å². The molecule has 5 nitrogen and oxygen atoms in total. The van der Waals surface area contributed by atoms with Gasteiger partial charge in [-0.2, -0.15) is 5.10 Å². The summed E-state index contributed by atoms with van der Waals surface area (Å²) < 4.78 is 1.73. The van der Waals surface area contributed by atoms with Gasteiger partial charge in [0.2, 0.25) is 0 Å². The van der Waals surface area contributed by atoms with Crippen LogP contribution in [-0.2, 0) is 0 Å². The number of amides is 1. The highest BCUT2D eigenvalue weighted by atomic mass is 16.1. The van der Waals surface area contributed by atoms with E-state index in [1.165, 1.54) is 6.20 Å². The summed E-state index contributed by atoms with van der Waals surface area (Å²) in [6.07, 6.45) is 6.59. The molecule has 2 aromatic heterocycles. The summed E-state index contributed by atoms with van der Waals surface area (Å²) in [4.78, 5) is 15.9. The summed E-state index contributed by atoms with van der Waals surface area (Å²) in [5.41, 5.74) is 2.39. The maximum atomic E-state index is 11.7. The predicted molar refractivity (Wildman–Crippen MR) is 72.0 cm³/mol. The van der Waals surface area contributed by atoms with E-state index in [0.29, 0.717) is 11.4 Å². The first-order valence-electron chi connectivity index (χ1n) is 5.83. The maximum absolute atomic E-state index is 11.7. The number of carbonyl (C=O) groups excluding carboxylic acids is 1. The molecule has 0 aromatic carbocycles. The number of aryl methyl sites for hydroxylation is 2. The minimum Gasteiger partial charge on any atom is -0.341 e. The largest absolute Gasteiger partial charge is 0.341 e. The first-order valence-corrected chi connectivity index (χ1v) is 5.83. The third-order valence-corrected chi connectivity index (χ3v) is 2.59. The van der Waals surface area contributed by atoms with Crippen molar-refractivity contribution < 1.29 is 4.79 Å². The molecule has 0 radical (unpaired) electrons. The highest BCUT2D eigenvalue weighted by Gasteiger charge is 2.08. The van der Waals surface area contributed by atoms with Gasteiger partial charge in [0.25, 0.3) is 5.91 Å². The van der Waals surface area contributed by atoms with Crippen LogP contribution in [0.3, 0.4) is 0 Å². The third kappa shape index (κ3) is 2.80. The number of hydrogen-bond donors (Lipinski definition) is 1. The second kappa shape index (κ2) is 5.36. The fourth-order valence-corrected chi connectivity index (χ4v) is 1.74. The van der Waals surface area contributed by atoms with Gasteiger partial charge in [0.05, 0.1) is 17.8 Å². The molecule has 0 aliphatic carbocycles. The molecule has 2 aromatic rings. The monoisotopic (exact) mass is 254 g/mol. The smallest absolute Gasteiger partial charge is 0.253 e. The number of nitrogens with zero attached hydrogens (tertiary/aromatic N) is 3. The third-order valence-electron chi connectivity index (χ3n) is 2.59. The molecule has 0 atom stereocenters. The molecule has 0 aliphatic heterocycles. The van der Waals surface area contributed by atoms with E-state index in [2.05, 4.69) is 21.3 Å². The second-order valence-electron chi connectivity index (χ2n) is 4.13. The minimum atomic E-state index is -0.231. The first kappa shape index (κ1) is 12.8. The van der Waals surface area contributed by atoms with Gasteiger partial charge in [0.1, 0.15) is 0 Å². The molecule has 0 unspecified atom stereocenters. The molecule has 1 N–H and O–H groups in total. The molecule has 0 spiro atoms. The fourth-order valence-electron chi connectivity index (χ4n) is 1.74. The summed E-state index contributed by atoms with van der Waals surface area (Å²) in [6, 6.07) is 5.42. The zero-order valence-corrected chi connectivity index (χ0v) is 10.8. The molecule has 0 saturated carbocycles. The highest BCUT2D eigenvalue weighted by Crippen LogP contribution is 2.10. The van der Waals surface area contributed by atoms with Crippen LogP contribution in [0.4, 0.5) is 0 Å². The molecule has 19 heavy (non-hydrogen) atoms. The molecule has 1 amide bonds. The maximum Gasteiger partial charge on any atom is 0.253 e. The lowest BCUT2D eigenvalue weighted by molar-refractivity contribution is 0.0958. The Labute approximate surface area is 111 Å². The lowest BCUT2D eigenvalue weighted by Gasteiger charge is -2.05. The molecule has 96 valence electrons. The Balaban J connectivity index is 2.22. The van der Waals surface area contributed by atoms with Crippen LogP contribution in [0.15, 0.2) is 24.4 Å². The molecule has 5 heteroatoms. The Morgan fingerprint density at radius 2 is 2.26 bits per heavy atom. The van der Waals surface area contributed by atoms with E-state index in [4.69, 9.17) is 6.42 Å². The molecule has 0 aliphatic rings. The Morgan fingerprint density at radius 1 is 1.47 bits per heavy atom. The molecule has 2 heterocycles. The summed E-state index contributed by atoms with van der Waals surface area (Å²) in [5.74, 6) is 2.80. The molecule has 0 saturated heterocycles. The summed E-state index contributed by atoms with van der Waals surface area (Å²) in [7, 11) is 0. The van der Waals surface area contributed by atoms with E-state index in [9.17, 15) is 4.79 Å². The highest BCUT2D eigenvalue weighted by molar-refractivity contribution is 5.94. The Morgan fingerprint density at radius 3 is 2.79 bits per heavy atom. The fraction of sp³-hybridized carbons (Fsp3) is 0.214. The predicted octanol–water partition coefficient (Wildman–Crippen LogP) is 1.25. The van der Waals surface area contributed by atoms with E-state index in [1.807, 2.05) is 19.9 Å². The number of pyridine rings is 1. The number of nitrogens with one attached hydrogen (secondary N) is 1. The van der Waals surface area contributed by atoms with Gasteiger partial charge in [0, 0.05) is 11.9 Å². The van der Waals surface area contributed by atoms with Gasteiger partial charge >= 0.3 is 0 Å². The summed E-state index contributed by atoms with van der Waals surface area (Å²) >= 11 is 0. The van der Waals surface area contributed by atoms with Gasteiger partial charge in [-0.15, -0.1) is 6.42 Å². The number of carbonyl (C=O) groups is 1. The van der Waals surface area contributed by atoms with Gasteiger partial charge in [-0.05, 0) is 32.0 Å². The number of aromatic nitrogens is 3. The topological polar surface area (TPSA) is 59.8 Å².